The number of para-hydroxylation sites is 1. The number of nitrogens with one attached hydrogen (secondary N) is 1. The number of hydrazone groups is 1. The van der Waals surface area contributed by atoms with Gasteiger partial charge in [-0.3, -0.25) is 5.43 Å². The van der Waals surface area contributed by atoms with Crippen LogP contribution in [0.5, 0.6) is 11.5 Å². The summed E-state index contributed by atoms with van der Waals surface area (Å²) >= 11 is 1.50. The molecule has 0 unspecified atom stereocenters. The Morgan fingerprint density at radius 3 is 2.62 bits per heavy atom. The number of hydrogen-bond acceptors (Lipinski definition) is 6. The third kappa shape index (κ3) is 4.61. The molecular formula is C20H21N3O2S. The first-order valence-corrected chi connectivity index (χ1v) is 9.18. The van der Waals surface area contributed by atoms with Gasteiger partial charge in [0.25, 0.3) is 0 Å². The fraction of sp³-hybridized carbons (Fsp3) is 0.200. The first-order chi connectivity index (χ1) is 12.7. The van der Waals surface area contributed by atoms with Gasteiger partial charge in [0, 0.05) is 10.9 Å². The molecule has 2 aromatic carbocycles. The Hall–Kier alpha value is -2.86. The quantitative estimate of drug-likeness (QED) is 0.469. The number of nitrogens with zero attached hydrogens (tertiary/aromatic N) is 2. The van der Waals surface area contributed by atoms with Gasteiger partial charge in [-0.2, -0.15) is 5.10 Å². The molecule has 134 valence electrons. The Bertz CT molecular complexity index is 873. The highest BCUT2D eigenvalue weighted by molar-refractivity contribution is 7.14. The van der Waals surface area contributed by atoms with Crippen molar-refractivity contribution in [2.45, 2.75) is 20.0 Å². The van der Waals surface area contributed by atoms with Gasteiger partial charge in [-0.15, -0.1) is 11.3 Å². The Labute approximate surface area is 157 Å². The van der Waals surface area contributed by atoms with Crippen LogP contribution in [-0.2, 0) is 0 Å². The van der Waals surface area contributed by atoms with Crippen molar-refractivity contribution in [1.82, 2.24) is 4.98 Å². The molecular weight excluding hydrogens is 346 g/mol. The smallest absolute Gasteiger partial charge is 0.203 e. The van der Waals surface area contributed by atoms with Gasteiger partial charge in [-0.25, -0.2) is 4.98 Å². The van der Waals surface area contributed by atoms with Crippen molar-refractivity contribution in [2.75, 3.05) is 12.5 Å². The summed E-state index contributed by atoms with van der Waals surface area (Å²) in [5.74, 6) is 1.66. The summed E-state index contributed by atoms with van der Waals surface area (Å²) in [6, 6.07) is 15.6. The summed E-state index contributed by atoms with van der Waals surface area (Å²) in [5.41, 5.74) is 5.78. The molecule has 0 aliphatic rings. The standard InChI is InChI=1S/C20H21N3O2S/c1-14(2)25-16-10-8-15(9-11-16)12-21-23-20-22-18(13-26-20)17-6-4-5-7-19(17)24-3/h4-14H,1-3H3,(H,22,23)/b21-12-. The average Bonchev–Trinajstić information content (AvgIpc) is 3.11. The van der Waals surface area contributed by atoms with E-state index in [1.807, 2.05) is 67.8 Å². The highest BCUT2D eigenvalue weighted by atomic mass is 32.1. The predicted molar refractivity (Wildman–Crippen MR) is 108 cm³/mol. The molecule has 1 N–H and O–H groups in total. The largest absolute Gasteiger partial charge is 0.496 e. The maximum absolute atomic E-state index is 5.63. The minimum atomic E-state index is 0.165. The van der Waals surface area contributed by atoms with E-state index in [4.69, 9.17) is 9.47 Å². The van der Waals surface area contributed by atoms with Crippen molar-refractivity contribution in [3.8, 4) is 22.8 Å². The Kier molecular flexibility index (Phi) is 5.86. The van der Waals surface area contributed by atoms with E-state index in [-0.39, 0.29) is 6.10 Å². The van der Waals surface area contributed by atoms with E-state index in [0.29, 0.717) is 0 Å². The fourth-order valence-corrected chi connectivity index (χ4v) is 3.03. The molecule has 0 aliphatic carbocycles. The van der Waals surface area contributed by atoms with Crippen molar-refractivity contribution in [1.29, 1.82) is 0 Å². The number of benzene rings is 2. The van der Waals surface area contributed by atoms with Gasteiger partial charge >= 0.3 is 0 Å². The number of hydrogen-bond donors (Lipinski definition) is 1. The summed E-state index contributed by atoms with van der Waals surface area (Å²) < 4.78 is 11.0. The van der Waals surface area contributed by atoms with Crippen molar-refractivity contribution in [2.24, 2.45) is 5.10 Å². The molecule has 0 saturated carbocycles. The minimum Gasteiger partial charge on any atom is -0.496 e. The lowest BCUT2D eigenvalue weighted by molar-refractivity contribution is 0.242. The van der Waals surface area contributed by atoms with Gasteiger partial charge in [-0.1, -0.05) is 12.1 Å². The topological polar surface area (TPSA) is 55.7 Å². The average molecular weight is 367 g/mol. The van der Waals surface area contributed by atoms with Crippen LogP contribution in [0.4, 0.5) is 5.13 Å². The van der Waals surface area contributed by atoms with Crippen LogP contribution in [0.25, 0.3) is 11.3 Å². The van der Waals surface area contributed by atoms with E-state index in [1.54, 1.807) is 13.3 Å². The summed E-state index contributed by atoms with van der Waals surface area (Å²) in [5, 5.41) is 6.96. The lowest BCUT2D eigenvalue weighted by Gasteiger charge is -2.09. The molecule has 0 bridgehead atoms. The van der Waals surface area contributed by atoms with Crippen LogP contribution in [0.1, 0.15) is 19.4 Å². The molecule has 0 atom stereocenters. The maximum atomic E-state index is 5.63. The number of ether oxygens (including phenoxy) is 2. The summed E-state index contributed by atoms with van der Waals surface area (Å²) in [6.07, 6.45) is 1.92. The second kappa shape index (κ2) is 8.49. The van der Waals surface area contributed by atoms with Crippen LogP contribution in [0, 0.1) is 0 Å². The van der Waals surface area contributed by atoms with Gasteiger partial charge in [0.1, 0.15) is 11.5 Å². The molecule has 1 aromatic heterocycles. The summed E-state index contributed by atoms with van der Waals surface area (Å²) in [4.78, 5) is 4.56. The Balaban J connectivity index is 1.63. The second-order valence-corrected chi connectivity index (χ2v) is 6.70. The third-order valence-electron chi connectivity index (χ3n) is 3.51. The number of anilines is 1. The number of rotatable bonds is 7. The van der Waals surface area contributed by atoms with E-state index >= 15 is 0 Å². The highest BCUT2D eigenvalue weighted by Crippen LogP contribution is 2.31. The molecule has 0 fully saturated rings. The van der Waals surface area contributed by atoms with Crippen LogP contribution in [-0.4, -0.2) is 24.4 Å². The molecule has 1 heterocycles. The normalized spacial score (nSPS) is 11.1. The number of methoxy groups -OCH3 is 1. The lowest BCUT2D eigenvalue weighted by Crippen LogP contribution is -2.05. The zero-order chi connectivity index (χ0) is 18.4. The Morgan fingerprint density at radius 1 is 1.12 bits per heavy atom. The maximum Gasteiger partial charge on any atom is 0.203 e. The molecule has 0 saturated heterocycles. The van der Waals surface area contributed by atoms with Crippen molar-refractivity contribution >= 4 is 22.7 Å². The van der Waals surface area contributed by atoms with Gasteiger partial charge < -0.3 is 9.47 Å². The lowest BCUT2D eigenvalue weighted by atomic mass is 10.1. The highest BCUT2D eigenvalue weighted by Gasteiger charge is 2.08. The zero-order valence-electron chi connectivity index (χ0n) is 15.0. The van der Waals surface area contributed by atoms with E-state index < -0.39 is 0 Å². The first-order valence-electron chi connectivity index (χ1n) is 8.30. The SMILES string of the molecule is COc1ccccc1-c1csc(N/N=C\c2ccc(OC(C)C)cc2)n1. The molecule has 6 heteroatoms. The molecule has 0 aliphatic heterocycles. The molecule has 5 nitrogen and oxygen atoms in total. The first kappa shape index (κ1) is 17.9. The van der Waals surface area contributed by atoms with Gasteiger partial charge in [-0.05, 0) is 55.8 Å². The molecule has 3 rings (SSSR count). The zero-order valence-corrected chi connectivity index (χ0v) is 15.8. The number of thiazole rings is 1. The summed E-state index contributed by atoms with van der Waals surface area (Å²) in [7, 11) is 1.66. The van der Waals surface area contributed by atoms with Gasteiger partial charge in [0.2, 0.25) is 5.13 Å². The molecule has 0 amide bonds. The molecule has 0 radical (unpaired) electrons. The fourth-order valence-electron chi connectivity index (χ4n) is 2.37. The van der Waals surface area contributed by atoms with Gasteiger partial charge in [0.05, 0.1) is 25.1 Å². The van der Waals surface area contributed by atoms with Crippen molar-refractivity contribution in [3.63, 3.8) is 0 Å². The van der Waals surface area contributed by atoms with Crippen LogP contribution >= 0.6 is 11.3 Å². The van der Waals surface area contributed by atoms with Crippen molar-refractivity contribution in [3.05, 3.63) is 59.5 Å². The van der Waals surface area contributed by atoms with Gasteiger partial charge in [0.15, 0.2) is 0 Å². The van der Waals surface area contributed by atoms with E-state index in [2.05, 4.69) is 15.5 Å². The van der Waals surface area contributed by atoms with Crippen LogP contribution in [0.15, 0.2) is 59.0 Å². The number of aromatic nitrogens is 1. The monoisotopic (exact) mass is 367 g/mol. The van der Waals surface area contributed by atoms with E-state index in [9.17, 15) is 0 Å². The van der Waals surface area contributed by atoms with Crippen LogP contribution in [0.3, 0.4) is 0 Å². The third-order valence-corrected chi connectivity index (χ3v) is 4.26. The van der Waals surface area contributed by atoms with Crippen LogP contribution < -0.4 is 14.9 Å². The minimum absolute atomic E-state index is 0.165. The molecule has 3 aromatic rings. The van der Waals surface area contributed by atoms with E-state index in [0.717, 1.165) is 33.5 Å². The predicted octanol–water partition coefficient (Wildman–Crippen LogP) is 5.05. The molecule has 0 spiro atoms. The van der Waals surface area contributed by atoms with E-state index in [1.165, 1.54) is 11.3 Å². The van der Waals surface area contributed by atoms with Crippen LogP contribution in [0.2, 0.25) is 0 Å². The van der Waals surface area contributed by atoms with Crippen molar-refractivity contribution < 1.29 is 9.47 Å². The summed E-state index contributed by atoms with van der Waals surface area (Å²) in [6.45, 7) is 4.01. The Morgan fingerprint density at radius 2 is 1.88 bits per heavy atom. The molecule has 26 heavy (non-hydrogen) atoms. The second-order valence-electron chi connectivity index (χ2n) is 5.84.